The van der Waals surface area contributed by atoms with E-state index in [0.717, 1.165) is 11.4 Å². The summed E-state index contributed by atoms with van der Waals surface area (Å²) >= 11 is 1.45. The number of halogens is 3. The molecule has 3 rings (SSSR count). The number of nitrogens with zero attached hydrogens (tertiary/aromatic N) is 4. The van der Waals surface area contributed by atoms with Crippen molar-refractivity contribution in [3.8, 4) is 6.07 Å². The van der Waals surface area contributed by atoms with E-state index in [1.54, 1.807) is 4.90 Å². The highest BCUT2D eigenvalue weighted by Gasteiger charge is 2.49. The maximum Gasteiger partial charge on any atom is 0.490 e. The van der Waals surface area contributed by atoms with E-state index in [-0.39, 0.29) is 18.4 Å². The zero-order valence-corrected chi connectivity index (χ0v) is 17.0. The molecule has 0 radical (unpaired) electrons. The van der Waals surface area contributed by atoms with Gasteiger partial charge in [-0.2, -0.15) is 18.4 Å². The first-order valence-electron chi connectivity index (χ1n) is 9.03. The minimum Gasteiger partial charge on any atom is -0.475 e. The summed E-state index contributed by atoms with van der Waals surface area (Å²) in [6, 6.07) is 5.79. The van der Waals surface area contributed by atoms with Crippen molar-refractivity contribution in [2.75, 3.05) is 39.8 Å². The number of thiophene rings is 1. The van der Waals surface area contributed by atoms with Crippen LogP contribution in [0.5, 0.6) is 0 Å². The number of likely N-dealkylation sites (N-methyl/N-ethyl adjacent to an activating group) is 1. The maximum absolute atomic E-state index is 12.8. The molecule has 2 saturated heterocycles. The molecular formula is C18H21F3N4O4S. The number of carbonyl (C=O) groups is 3. The van der Waals surface area contributed by atoms with Crippen LogP contribution in [0.2, 0.25) is 0 Å². The predicted octanol–water partition coefficient (Wildman–Crippen LogP) is 1.65. The second-order valence-electron chi connectivity index (χ2n) is 6.91. The normalized spacial score (nSPS) is 19.1. The Morgan fingerprint density at radius 1 is 1.27 bits per heavy atom. The smallest absolute Gasteiger partial charge is 0.475 e. The van der Waals surface area contributed by atoms with Gasteiger partial charge in [-0.05, 0) is 31.3 Å². The summed E-state index contributed by atoms with van der Waals surface area (Å²) in [5.41, 5.74) is -0.554. The average Bonchev–Trinajstić information content (AvgIpc) is 3.23. The Labute approximate surface area is 175 Å². The fourth-order valence-electron chi connectivity index (χ4n) is 3.51. The minimum absolute atomic E-state index is 0.0380. The number of alkyl halides is 3. The predicted molar refractivity (Wildman–Crippen MR) is 101 cm³/mol. The quantitative estimate of drug-likeness (QED) is 0.693. The van der Waals surface area contributed by atoms with Crippen molar-refractivity contribution in [3.63, 3.8) is 0 Å². The van der Waals surface area contributed by atoms with E-state index < -0.39 is 17.7 Å². The van der Waals surface area contributed by atoms with Crippen LogP contribution in [0.4, 0.5) is 13.2 Å². The van der Waals surface area contributed by atoms with E-state index in [1.807, 2.05) is 29.5 Å². The van der Waals surface area contributed by atoms with Gasteiger partial charge in [-0.1, -0.05) is 6.07 Å². The second kappa shape index (κ2) is 9.44. The lowest BCUT2D eigenvalue weighted by Crippen LogP contribution is -2.67. The number of amides is 2. The van der Waals surface area contributed by atoms with Gasteiger partial charge in [-0.25, -0.2) is 4.79 Å². The number of piperazine rings is 1. The minimum atomic E-state index is -5.08. The van der Waals surface area contributed by atoms with Crippen LogP contribution < -0.4 is 0 Å². The molecule has 0 unspecified atom stereocenters. The highest BCUT2D eigenvalue weighted by Crippen LogP contribution is 2.33. The number of hydrogen-bond acceptors (Lipinski definition) is 6. The average molecular weight is 446 g/mol. The molecule has 3 heterocycles. The molecule has 1 aromatic rings. The molecule has 164 valence electrons. The first kappa shape index (κ1) is 23.6. The van der Waals surface area contributed by atoms with E-state index in [9.17, 15) is 22.8 Å². The molecule has 2 aliphatic heterocycles. The fourth-order valence-corrected chi connectivity index (χ4v) is 4.20. The van der Waals surface area contributed by atoms with Crippen LogP contribution in [-0.4, -0.2) is 89.1 Å². The Morgan fingerprint density at radius 2 is 1.87 bits per heavy atom. The van der Waals surface area contributed by atoms with E-state index in [2.05, 4.69) is 11.0 Å². The summed E-state index contributed by atoms with van der Waals surface area (Å²) in [5, 5.41) is 17.9. The van der Waals surface area contributed by atoms with Crippen molar-refractivity contribution >= 4 is 29.1 Å². The summed E-state index contributed by atoms with van der Waals surface area (Å²) < 4.78 is 31.7. The van der Waals surface area contributed by atoms with Crippen molar-refractivity contribution in [1.29, 1.82) is 5.26 Å². The third kappa shape index (κ3) is 5.09. The SMILES string of the molecule is CN1CCN(CC#N)C(=O)C12CCN(C(=O)c1cccs1)CC2.O=C(O)C(F)(F)F. The van der Waals surface area contributed by atoms with Crippen LogP contribution in [-0.2, 0) is 9.59 Å². The molecule has 2 fully saturated rings. The summed E-state index contributed by atoms with van der Waals surface area (Å²) in [7, 11) is 1.97. The van der Waals surface area contributed by atoms with Gasteiger partial charge >= 0.3 is 12.1 Å². The molecule has 1 N–H and O–H groups in total. The van der Waals surface area contributed by atoms with Gasteiger partial charge in [0.1, 0.15) is 12.1 Å². The first-order valence-corrected chi connectivity index (χ1v) is 9.91. The first-order chi connectivity index (χ1) is 14.0. The van der Waals surface area contributed by atoms with Crippen molar-refractivity contribution in [2.45, 2.75) is 24.6 Å². The Bertz CT molecular complexity index is 814. The van der Waals surface area contributed by atoms with Gasteiger partial charge < -0.3 is 14.9 Å². The van der Waals surface area contributed by atoms with E-state index in [4.69, 9.17) is 15.2 Å². The molecule has 30 heavy (non-hydrogen) atoms. The van der Waals surface area contributed by atoms with Gasteiger partial charge in [-0.3, -0.25) is 14.5 Å². The van der Waals surface area contributed by atoms with Gasteiger partial charge in [0.05, 0.1) is 10.9 Å². The zero-order chi connectivity index (χ0) is 22.5. The van der Waals surface area contributed by atoms with E-state index >= 15 is 0 Å². The van der Waals surface area contributed by atoms with Crippen LogP contribution in [0.1, 0.15) is 22.5 Å². The van der Waals surface area contributed by atoms with E-state index in [1.165, 1.54) is 11.3 Å². The lowest BCUT2D eigenvalue weighted by Gasteiger charge is -2.51. The van der Waals surface area contributed by atoms with Crippen LogP contribution in [0.3, 0.4) is 0 Å². The zero-order valence-electron chi connectivity index (χ0n) is 16.2. The second-order valence-corrected chi connectivity index (χ2v) is 7.86. The third-order valence-electron chi connectivity index (χ3n) is 5.24. The van der Waals surface area contributed by atoms with Crippen LogP contribution in [0.25, 0.3) is 0 Å². The molecule has 0 saturated carbocycles. The number of piperidine rings is 1. The molecule has 2 amide bonds. The molecule has 0 aromatic carbocycles. The van der Waals surface area contributed by atoms with Crippen molar-refractivity contribution in [2.24, 2.45) is 0 Å². The highest BCUT2D eigenvalue weighted by atomic mass is 32.1. The third-order valence-corrected chi connectivity index (χ3v) is 6.09. The number of carboxylic acid groups (broad SMARTS) is 1. The van der Waals surface area contributed by atoms with Gasteiger partial charge in [0, 0.05) is 26.2 Å². The number of carbonyl (C=O) groups excluding carboxylic acids is 2. The molecule has 0 aliphatic carbocycles. The molecule has 0 bridgehead atoms. The molecule has 8 nitrogen and oxygen atoms in total. The molecule has 0 atom stereocenters. The highest BCUT2D eigenvalue weighted by molar-refractivity contribution is 7.12. The summed E-state index contributed by atoms with van der Waals surface area (Å²) in [4.78, 5) is 40.5. The van der Waals surface area contributed by atoms with Gasteiger partial charge in [0.15, 0.2) is 0 Å². The number of likely N-dealkylation sites (tertiary alicyclic amines) is 1. The monoisotopic (exact) mass is 446 g/mol. The van der Waals surface area contributed by atoms with Crippen molar-refractivity contribution in [1.82, 2.24) is 14.7 Å². The number of aliphatic carboxylic acids is 1. The van der Waals surface area contributed by atoms with Crippen LogP contribution in [0, 0.1) is 11.3 Å². The van der Waals surface area contributed by atoms with Crippen molar-refractivity contribution in [3.05, 3.63) is 22.4 Å². The van der Waals surface area contributed by atoms with Gasteiger partial charge in [-0.15, -0.1) is 11.3 Å². The largest absolute Gasteiger partial charge is 0.490 e. The van der Waals surface area contributed by atoms with Gasteiger partial charge in [0.25, 0.3) is 5.91 Å². The summed E-state index contributed by atoms with van der Waals surface area (Å²) in [6.45, 7) is 2.67. The molecule has 1 aromatic heterocycles. The van der Waals surface area contributed by atoms with Crippen molar-refractivity contribution < 1.29 is 32.7 Å². The number of hydrogen-bond donors (Lipinski definition) is 1. The lowest BCUT2D eigenvalue weighted by molar-refractivity contribution is -0.192. The van der Waals surface area contributed by atoms with Crippen LogP contribution in [0.15, 0.2) is 17.5 Å². The number of nitriles is 1. The van der Waals surface area contributed by atoms with Crippen LogP contribution >= 0.6 is 11.3 Å². The Morgan fingerprint density at radius 3 is 2.33 bits per heavy atom. The number of carboxylic acids is 1. The Balaban J connectivity index is 0.000000396. The molecule has 12 heteroatoms. The summed E-state index contributed by atoms with van der Waals surface area (Å²) in [5.74, 6) is -2.67. The molecular weight excluding hydrogens is 425 g/mol. The maximum atomic E-state index is 12.8. The Kier molecular flexibility index (Phi) is 7.44. The lowest BCUT2D eigenvalue weighted by atomic mass is 9.82. The number of rotatable bonds is 2. The molecule has 1 spiro atoms. The Hall–Kier alpha value is -2.65. The standard InChI is InChI=1S/C16H20N4O2S.C2HF3O2/c1-18-10-11-20(9-6-17)15(22)16(18)4-7-19(8-5-16)14(21)13-3-2-12-23-13;3-2(4,5)1(6)7/h2-3,12H,4-5,7-11H2,1H3;(H,6,7). The topological polar surface area (TPSA) is 105 Å². The fraction of sp³-hybridized carbons (Fsp3) is 0.556. The van der Waals surface area contributed by atoms with Gasteiger partial charge in [0.2, 0.25) is 5.91 Å². The van der Waals surface area contributed by atoms with E-state index in [0.29, 0.717) is 32.5 Å². The summed E-state index contributed by atoms with van der Waals surface area (Å²) in [6.07, 6.45) is -3.83. The molecule has 2 aliphatic rings.